The summed E-state index contributed by atoms with van der Waals surface area (Å²) in [6.07, 6.45) is 0. The molecule has 0 amide bonds. The lowest BCUT2D eigenvalue weighted by atomic mass is 10.3. The summed E-state index contributed by atoms with van der Waals surface area (Å²) >= 11 is 3.22. The largest absolute Gasteiger partial charge is 0.383 e. The van der Waals surface area contributed by atoms with Gasteiger partial charge < -0.3 is 5.32 Å². The second-order valence-corrected chi connectivity index (χ2v) is 3.87. The molecule has 0 saturated carbocycles. The van der Waals surface area contributed by atoms with Gasteiger partial charge in [-0.3, -0.25) is 0 Å². The lowest BCUT2D eigenvalue weighted by Gasteiger charge is -2.09. The van der Waals surface area contributed by atoms with Gasteiger partial charge in [-0.1, -0.05) is 15.9 Å². The maximum absolute atomic E-state index is 12.8. The maximum atomic E-state index is 12.8. The summed E-state index contributed by atoms with van der Waals surface area (Å²) in [6, 6.07) is 5.08. The van der Waals surface area contributed by atoms with E-state index >= 15 is 0 Å². The molecule has 0 atom stereocenters. The van der Waals surface area contributed by atoms with Crippen LogP contribution < -0.4 is 5.32 Å². The van der Waals surface area contributed by atoms with Crippen LogP contribution in [-0.2, 0) is 0 Å². The molecule has 0 aliphatic heterocycles. The zero-order valence-corrected chi connectivity index (χ0v) is 8.65. The van der Waals surface area contributed by atoms with Crippen molar-refractivity contribution in [2.45, 2.75) is 19.9 Å². The number of halogens is 2. The van der Waals surface area contributed by atoms with E-state index < -0.39 is 0 Å². The van der Waals surface area contributed by atoms with E-state index in [0.717, 1.165) is 10.2 Å². The average molecular weight is 232 g/mol. The molecule has 0 heterocycles. The molecule has 3 heteroatoms. The van der Waals surface area contributed by atoms with Gasteiger partial charge in [-0.25, -0.2) is 4.39 Å². The van der Waals surface area contributed by atoms with Crippen molar-refractivity contribution in [1.29, 1.82) is 0 Å². The zero-order valence-electron chi connectivity index (χ0n) is 7.07. The van der Waals surface area contributed by atoms with E-state index in [9.17, 15) is 4.39 Å². The number of hydrogen-bond donors (Lipinski definition) is 1. The van der Waals surface area contributed by atoms with Crippen LogP contribution in [0.3, 0.4) is 0 Å². The summed E-state index contributed by atoms with van der Waals surface area (Å²) in [5.41, 5.74) is 0.803. The molecule has 0 radical (unpaired) electrons. The van der Waals surface area contributed by atoms with Gasteiger partial charge in [-0.05, 0) is 32.0 Å². The number of hydrogen-bond acceptors (Lipinski definition) is 1. The molecule has 0 bridgehead atoms. The average Bonchev–Trinajstić information content (AvgIpc) is 1.81. The quantitative estimate of drug-likeness (QED) is 0.823. The predicted octanol–water partition coefficient (Wildman–Crippen LogP) is 3.41. The Morgan fingerprint density at radius 2 is 2.00 bits per heavy atom. The van der Waals surface area contributed by atoms with Gasteiger partial charge >= 0.3 is 0 Å². The highest BCUT2D eigenvalue weighted by atomic mass is 79.9. The van der Waals surface area contributed by atoms with Gasteiger partial charge in [-0.2, -0.15) is 0 Å². The summed E-state index contributed by atoms with van der Waals surface area (Å²) in [5, 5.41) is 3.12. The first-order valence-electron chi connectivity index (χ1n) is 3.80. The summed E-state index contributed by atoms with van der Waals surface area (Å²) in [5.74, 6) is -0.229. The Labute approximate surface area is 80.1 Å². The van der Waals surface area contributed by atoms with Gasteiger partial charge in [0, 0.05) is 16.2 Å². The van der Waals surface area contributed by atoms with E-state index in [1.54, 1.807) is 0 Å². The molecule has 0 unspecified atom stereocenters. The molecule has 1 aromatic rings. The molecule has 66 valence electrons. The van der Waals surface area contributed by atoms with Gasteiger partial charge in [-0.15, -0.1) is 0 Å². The van der Waals surface area contributed by atoms with E-state index in [4.69, 9.17) is 0 Å². The van der Waals surface area contributed by atoms with Crippen LogP contribution in [0.2, 0.25) is 0 Å². The monoisotopic (exact) mass is 231 g/mol. The third-order valence-electron chi connectivity index (χ3n) is 1.32. The summed E-state index contributed by atoms with van der Waals surface area (Å²) in [7, 11) is 0. The molecule has 0 saturated heterocycles. The molecular formula is C9H11BrFN. The molecular weight excluding hydrogens is 221 g/mol. The number of benzene rings is 1. The Morgan fingerprint density at radius 3 is 2.50 bits per heavy atom. The number of nitrogens with one attached hydrogen (secondary N) is 1. The second-order valence-electron chi connectivity index (χ2n) is 2.96. The molecule has 1 aromatic carbocycles. The normalized spacial score (nSPS) is 10.4. The van der Waals surface area contributed by atoms with Crippen molar-refractivity contribution in [2.75, 3.05) is 5.32 Å². The molecule has 0 spiro atoms. The molecule has 0 aliphatic carbocycles. The topological polar surface area (TPSA) is 12.0 Å². The minimum atomic E-state index is -0.229. The summed E-state index contributed by atoms with van der Waals surface area (Å²) < 4.78 is 13.6. The molecule has 1 rings (SSSR count). The van der Waals surface area contributed by atoms with Crippen molar-refractivity contribution >= 4 is 21.6 Å². The first-order chi connectivity index (χ1) is 5.58. The van der Waals surface area contributed by atoms with E-state index in [0.29, 0.717) is 6.04 Å². The minimum Gasteiger partial charge on any atom is -0.383 e. The van der Waals surface area contributed by atoms with Crippen molar-refractivity contribution in [1.82, 2.24) is 0 Å². The van der Waals surface area contributed by atoms with Crippen LogP contribution in [0.4, 0.5) is 10.1 Å². The zero-order chi connectivity index (χ0) is 9.14. The SMILES string of the molecule is CC(C)Nc1cc(F)cc(Br)c1. The van der Waals surface area contributed by atoms with Gasteiger partial charge in [0.15, 0.2) is 0 Å². The third-order valence-corrected chi connectivity index (χ3v) is 1.78. The first-order valence-corrected chi connectivity index (χ1v) is 4.60. The van der Waals surface area contributed by atoms with Crippen LogP contribution in [0.1, 0.15) is 13.8 Å². The number of rotatable bonds is 2. The van der Waals surface area contributed by atoms with Crippen LogP contribution in [-0.4, -0.2) is 6.04 Å². The van der Waals surface area contributed by atoms with Crippen molar-refractivity contribution in [3.8, 4) is 0 Å². The Kier molecular flexibility index (Phi) is 3.09. The highest BCUT2D eigenvalue weighted by molar-refractivity contribution is 9.10. The maximum Gasteiger partial charge on any atom is 0.126 e. The van der Waals surface area contributed by atoms with E-state index in [-0.39, 0.29) is 5.82 Å². The standard InChI is InChI=1S/C9H11BrFN/c1-6(2)12-9-4-7(10)3-8(11)5-9/h3-6,12H,1-2H3. The second kappa shape index (κ2) is 3.90. The van der Waals surface area contributed by atoms with Gasteiger partial charge in [0.1, 0.15) is 5.82 Å². The lowest BCUT2D eigenvalue weighted by molar-refractivity contribution is 0.627. The van der Waals surface area contributed by atoms with Crippen molar-refractivity contribution in [2.24, 2.45) is 0 Å². The molecule has 1 N–H and O–H groups in total. The molecule has 0 aliphatic rings. The van der Waals surface area contributed by atoms with Crippen LogP contribution >= 0.6 is 15.9 Å². The van der Waals surface area contributed by atoms with Crippen molar-refractivity contribution in [3.05, 3.63) is 28.5 Å². The Morgan fingerprint density at radius 1 is 1.33 bits per heavy atom. The smallest absolute Gasteiger partial charge is 0.126 e. The Balaban J connectivity index is 2.85. The van der Waals surface area contributed by atoms with Gasteiger partial charge in [0.05, 0.1) is 0 Å². The first kappa shape index (κ1) is 9.52. The Hall–Kier alpha value is -0.570. The predicted molar refractivity (Wildman–Crippen MR) is 52.9 cm³/mol. The van der Waals surface area contributed by atoms with Crippen molar-refractivity contribution < 1.29 is 4.39 Å². The van der Waals surface area contributed by atoms with Crippen LogP contribution in [0, 0.1) is 5.82 Å². The van der Waals surface area contributed by atoms with Crippen molar-refractivity contribution in [3.63, 3.8) is 0 Å². The molecule has 0 fully saturated rings. The van der Waals surface area contributed by atoms with Gasteiger partial charge in [0.2, 0.25) is 0 Å². The minimum absolute atomic E-state index is 0.229. The number of anilines is 1. The van der Waals surface area contributed by atoms with Crippen LogP contribution in [0.25, 0.3) is 0 Å². The summed E-state index contributed by atoms with van der Waals surface area (Å²) in [6.45, 7) is 4.03. The Bertz CT molecular complexity index is 253. The van der Waals surface area contributed by atoms with Crippen LogP contribution in [0.5, 0.6) is 0 Å². The summed E-state index contributed by atoms with van der Waals surface area (Å²) in [4.78, 5) is 0. The van der Waals surface area contributed by atoms with E-state index in [1.165, 1.54) is 12.1 Å². The van der Waals surface area contributed by atoms with Crippen LogP contribution in [0.15, 0.2) is 22.7 Å². The third kappa shape index (κ3) is 2.81. The van der Waals surface area contributed by atoms with E-state index in [2.05, 4.69) is 21.2 Å². The highest BCUT2D eigenvalue weighted by Crippen LogP contribution is 2.18. The molecule has 12 heavy (non-hydrogen) atoms. The molecule has 0 aromatic heterocycles. The lowest BCUT2D eigenvalue weighted by Crippen LogP contribution is -2.09. The highest BCUT2D eigenvalue weighted by Gasteiger charge is 1.99. The fourth-order valence-electron chi connectivity index (χ4n) is 0.970. The molecule has 1 nitrogen and oxygen atoms in total. The fraction of sp³-hybridized carbons (Fsp3) is 0.333. The fourth-order valence-corrected chi connectivity index (χ4v) is 1.44. The van der Waals surface area contributed by atoms with Gasteiger partial charge in [0.25, 0.3) is 0 Å². The van der Waals surface area contributed by atoms with E-state index in [1.807, 2.05) is 19.9 Å².